The molecule has 0 aliphatic heterocycles. The Balaban J connectivity index is 2.81. The van der Waals surface area contributed by atoms with E-state index in [1.54, 1.807) is 12.1 Å². The van der Waals surface area contributed by atoms with Crippen molar-refractivity contribution in [2.75, 3.05) is 5.75 Å². The summed E-state index contributed by atoms with van der Waals surface area (Å²) in [6.45, 7) is 1.99. The summed E-state index contributed by atoms with van der Waals surface area (Å²) in [5.41, 5.74) is 0. The molecule has 2 heteroatoms. The largest absolute Gasteiger partial charge is 0.206 e. The Bertz CT molecular complexity index is 210. The third-order valence-electron chi connectivity index (χ3n) is 1.06. The summed E-state index contributed by atoms with van der Waals surface area (Å²) in [4.78, 5) is 0.616. The van der Waals surface area contributed by atoms with Gasteiger partial charge in [0.15, 0.2) is 0 Å². The number of rotatable bonds is 2. The van der Waals surface area contributed by atoms with Crippen LogP contribution in [0, 0.1) is 11.9 Å². The van der Waals surface area contributed by atoms with E-state index in [0.29, 0.717) is 4.90 Å². The fraction of sp³-hybridized carbons (Fsp3) is 0.250. The molecule has 0 saturated carbocycles. The van der Waals surface area contributed by atoms with E-state index in [1.165, 1.54) is 17.8 Å². The van der Waals surface area contributed by atoms with Crippen molar-refractivity contribution in [3.63, 3.8) is 0 Å². The van der Waals surface area contributed by atoms with Gasteiger partial charge in [0.2, 0.25) is 0 Å². The Kier molecular flexibility index (Phi) is 2.75. The lowest BCUT2D eigenvalue weighted by Gasteiger charge is -1.96. The first-order chi connectivity index (χ1) is 4.84. The highest BCUT2D eigenvalue weighted by Crippen LogP contribution is 2.19. The Hall–Kier alpha value is -0.500. The molecule has 53 valence electrons. The highest BCUT2D eigenvalue weighted by molar-refractivity contribution is 7.99. The van der Waals surface area contributed by atoms with Gasteiger partial charge in [-0.1, -0.05) is 19.1 Å². The van der Waals surface area contributed by atoms with Gasteiger partial charge in [0.1, 0.15) is 5.82 Å². The summed E-state index contributed by atoms with van der Waals surface area (Å²) < 4.78 is 12.7. The molecule has 0 aliphatic rings. The van der Waals surface area contributed by atoms with Crippen LogP contribution in [0.15, 0.2) is 23.1 Å². The van der Waals surface area contributed by atoms with Crippen LogP contribution in [0.25, 0.3) is 0 Å². The minimum atomic E-state index is -0.172. The van der Waals surface area contributed by atoms with Crippen LogP contribution in [-0.2, 0) is 0 Å². The molecule has 0 saturated heterocycles. The van der Waals surface area contributed by atoms with Crippen LogP contribution >= 0.6 is 11.8 Å². The van der Waals surface area contributed by atoms with Gasteiger partial charge in [0.25, 0.3) is 0 Å². The molecule has 0 nitrogen and oxygen atoms in total. The van der Waals surface area contributed by atoms with E-state index in [2.05, 4.69) is 6.07 Å². The molecule has 0 aliphatic carbocycles. The Morgan fingerprint density at radius 1 is 1.70 bits per heavy atom. The van der Waals surface area contributed by atoms with Gasteiger partial charge in [-0.2, -0.15) is 0 Å². The normalized spacial score (nSPS) is 9.80. The first kappa shape index (κ1) is 7.61. The van der Waals surface area contributed by atoms with Gasteiger partial charge in [-0.3, -0.25) is 0 Å². The molecule has 0 atom stereocenters. The quantitative estimate of drug-likeness (QED) is 0.592. The number of halogens is 1. The van der Waals surface area contributed by atoms with Crippen molar-refractivity contribution in [1.29, 1.82) is 0 Å². The summed E-state index contributed by atoms with van der Waals surface area (Å²) in [5.74, 6) is 0.714. The molecule has 0 spiro atoms. The van der Waals surface area contributed by atoms with Crippen LogP contribution in [0.1, 0.15) is 6.92 Å². The lowest BCUT2D eigenvalue weighted by atomic mass is 10.3. The average Bonchev–Trinajstić information content (AvgIpc) is 1.94. The van der Waals surface area contributed by atoms with E-state index in [4.69, 9.17) is 0 Å². The Labute approximate surface area is 64.4 Å². The van der Waals surface area contributed by atoms with Crippen molar-refractivity contribution in [1.82, 2.24) is 0 Å². The SMILES string of the molecule is CCSc1[c]cccc1F. The van der Waals surface area contributed by atoms with Gasteiger partial charge in [0.05, 0.1) is 4.90 Å². The maximum absolute atomic E-state index is 12.7. The lowest BCUT2D eigenvalue weighted by molar-refractivity contribution is 0.601. The topological polar surface area (TPSA) is 0 Å². The minimum absolute atomic E-state index is 0.172. The van der Waals surface area contributed by atoms with E-state index in [1.807, 2.05) is 6.92 Å². The molecule has 0 fully saturated rings. The van der Waals surface area contributed by atoms with E-state index in [0.717, 1.165) is 5.75 Å². The van der Waals surface area contributed by atoms with Crippen LogP contribution in [0.2, 0.25) is 0 Å². The summed E-state index contributed by atoms with van der Waals surface area (Å²) in [6.07, 6.45) is 0. The highest BCUT2D eigenvalue weighted by Gasteiger charge is 1.97. The summed E-state index contributed by atoms with van der Waals surface area (Å²) in [7, 11) is 0. The molecule has 0 aromatic heterocycles. The molecule has 1 aromatic rings. The van der Waals surface area contributed by atoms with Crippen LogP contribution in [0.4, 0.5) is 4.39 Å². The predicted octanol–water partition coefficient (Wildman–Crippen LogP) is 2.74. The Morgan fingerprint density at radius 2 is 2.50 bits per heavy atom. The standard InChI is InChI=1S/C8H8FS/c1-2-10-8-6-4-3-5-7(8)9/h3-5H,2H2,1H3. The van der Waals surface area contributed by atoms with Crippen LogP contribution in [-0.4, -0.2) is 5.75 Å². The molecular weight excluding hydrogens is 147 g/mol. The zero-order chi connectivity index (χ0) is 7.40. The zero-order valence-corrected chi connectivity index (χ0v) is 6.54. The van der Waals surface area contributed by atoms with E-state index in [-0.39, 0.29) is 5.82 Å². The monoisotopic (exact) mass is 155 g/mol. The second kappa shape index (κ2) is 3.62. The van der Waals surface area contributed by atoms with E-state index < -0.39 is 0 Å². The van der Waals surface area contributed by atoms with Crippen molar-refractivity contribution in [2.45, 2.75) is 11.8 Å². The second-order valence-corrected chi connectivity index (χ2v) is 3.05. The molecular formula is C8H8FS. The molecule has 1 rings (SSSR count). The average molecular weight is 155 g/mol. The third kappa shape index (κ3) is 1.74. The fourth-order valence-electron chi connectivity index (χ4n) is 0.656. The van der Waals surface area contributed by atoms with Gasteiger partial charge in [-0.15, -0.1) is 11.8 Å². The van der Waals surface area contributed by atoms with Crippen molar-refractivity contribution in [3.05, 3.63) is 30.1 Å². The first-order valence-corrected chi connectivity index (χ1v) is 4.12. The highest BCUT2D eigenvalue weighted by atomic mass is 32.2. The minimum Gasteiger partial charge on any atom is -0.206 e. The lowest BCUT2D eigenvalue weighted by Crippen LogP contribution is -1.79. The molecule has 0 unspecified atom stereocenters. The summed E-state index contributed by atoms with van der Waals surface area (Å²) >= 11 is 1.47. The maximum Gasteiger partial charge on any atom is 0.137 e. The fourth-order valence-corrected chi connectivity index (χ4v) is 1.30. The van der Waals surface area contributed by atoms with Gasteiger partial charge < -0.3 is 0 Å². The second-order valence-electron chi connectivity index (χ2n) is 1.78. The van der Waals surface area contributed by atoms with Crippen LogP contribution in [0.5, 0.6) is 0 Å². The Morgan fingerprint density at radius 3 is 3.10 bits per heavy atom. The molecule has 10 heavy (non-hydrogen) atoms. The summed E-state index contributed by atoms with van der Waals surface area (Å²) in [5, 5.41) is 0. The van der Waals surface area contributed by atoms with Crippen molar-refractivity contribution < 1.29 is 4.39 Å². The van der Waals surface area contributed by atoms with Gasteiger partial charge >= 0.3 is 0 Å². The predicted molar refractivity (Wildman–Crippen MR) is 41.6 cm³/mol. The van der Waals surface area contributed by atoms with Crippen molar-refractivity contribution in [3.8, 4) is 0 Å². The smallest absolute Gasteiger partial charge is 0.137 e. The van der Waals surface area contributed by atoms with Crippen LogP contribution < -0.4 is 0 Å². The van der Waals surface area contributed by atoms with Crippen LogP contribution in [0.3, 0.4) is 0 Å². The first-order valence-electron chi connectivity index (χ1n) is 3.13. The molecule has 1 aromatic carbocycles. The number of hydrogen-bond acceptors (Lipinski definition) is 1. The third-order valence-corrected chi connectivity index (χ3v) is 1.95. The number of thioether (sulfide) groups is 1. The summed E-state index contributed by atoms with van der Waals surface area (Å²) in [6, 6.07) is 7.65. The molecule has 0 heterocycles. The zero-order valence-electron chi connectivity index (χ0n) is 5.73. The van der Waals surface area contributed by atoms with Gasteiger partial charge in [0, 0.05) is 0 Å². The molecule has 1 radical (unpaired) electrons. The van der Waals surface area contributed by atoms with E-state index >= 15 is 0 Å². The molecule has 0 amide bonds. The number of benzene rings is 1. The molecule has 0 N–H and O–H groups in total. The van der Waals surface area contributed by atoms with Crippen molar-refractivity contribution in [2.24, 2.45) is 0 Å². The van der Waals surface area contributed by atoms with E-state index in [9.17, 15) is 4.39 Å². The van der Waals surface area contributed by atoms with Gasteiger partial charge in [-0.05, 0) is 17.9 Å². The molecule has 0 bridgehead atoms. The maximum atomic E-state index is 12.7. The number of hydrogen-bond donors (Lipinski definition) is 0. The van der Waals surface area contributed by atoms with Gasteiger partial charge in [-0.25, -0.2) is 4.39 Å². The van der Waals surface area contributed by atoms with Crippen molar-refractivity contribution >= 4 is 11.8 Å².